The molecule has 0 unspecified atom stereocenters. The minimum absolute atomic E-state index is 0.144. The van der Waals surface area contributed by atoms with Crippen LogP contribution in [0.1, 0.15) is 61.9 Å². The van der Waals surface area contributed by atoms with Gasteiger partial charge in [-0.15, -0.1) is 0 Å². The van der Waals surface area contributed by atoms with E-state index in [1.165, 1.54) is 49.8 Å². The maximum Gasteiger partial charge on any atom is 0.220 e. The molecule has 126 valence electrons. The Hall–Kier alpha value is -1.32. The van der Waals surface area contributed by atoms with Crippen molar-refractivity contribution >= 4 is 5.91 Å². The molecule has 4 nitrogen and oxygen atoms in total. The highest BCUT2D eigenvalue weighted by molar-refractivity contribution is 5.77. The maximum absolute atomic E-state index is 12.6. The first-order valence-corrected chi connectivity index (χ1v) is 9.24. The van der Waals surface area contributed by atoms with Crippen LogP contribution in [0.25, 0.3) is 0 Å². The third-order valence-electron chi connectivity index (χ3n) is 6.70. The van der Waals surface area contributed by atoms with Crippen molar-refractivity contribution in [3.05, 3.63) is 17.0 Å². The molecule has 0 aliphatic heterocycles. The first-order valence-electron chi connectivity index (χ1n) is 9.24. The van der Waals surface area contributed by atoms with Crippen molar-refractivity contribution < 1.29 is 4.79 Å². The lowest BCUT2D eigenvalue weighted by atomic mass is 9.53. The second-order valence-corrected chi connectivity index (χ2v) is 8.52. The van der Waals surface area contributed by atoms with Gasteiger partial charge < -0.3 is 5.32 Å². The molecule has 4 fully saturated rings. The fourth-order valence-electron chi connectivity index (χ4n) is 6.04. The van der Waals surface area contributed by atoms with E-state index in [0.717, 1.165) is 29.9 Å². The van der Waals surface area contributed by atoms with Gasteiger partial charge in [-0.3, -0.25) is 9.48 Å². The molecule has 4 saturated carbocycles. The second-order valence-electron chi connectivity index (χ2n) is 8.52. The van der Waals surface area contributed by atoms with Crippen molar-refractivity contribution in [2.24, 2.45) is 24.8 Å². The average Bonchev–Trinajstić information content (AvgIpc) is 2.68. The predicted molar refractivity (Wildman–Crippen MR) is 90.0 cm³/mol. The number of carbonyl (C=O) groups is 1. The summed E-state index contributed by atoms with van der Waals surface area (Å²) in [6.07, 6.45) is 9.36. The van der Waals surface area contributed by atoms with Gasteiger partial charge in [0.05, 0.1) is 5.69 Å². The molecule has 4 aliphatic carbocycles. The monoisotopic (exact) mass is 315 g/mol. The lowest BCUT2D eigenvalue weighted by Gasteiger charge is -2.56. The molecule has 0 atom stereocenters. The predicted octanol–water partition coefficient (Wildman–Crippen LogP) is 3.05. The number of carbonyl (C=O) groups excluding carboxylic acids is 1. The quantitative estimate of drug-likeness (QED) is 0.928. The molecule has 23 heavy (non-hydrogen) atoms. The standard InChI is InChI=1S/C19H29N3O/c1-12-17(13(2)22(3)21-12)4-5-18(23)20-19-9-14-6-15(10-19)8-16(7-14)11-19/h14-16H,4-11H2,1-3H3,(H,20,23). The van der Waals surface area contributed by atoms with Crippen LogP contribution in [0.15, 0.2) is 0 Å². The van der Waals surface area contributed by atoms with Gasteiger partial charge in [0, 0.05) is 24.7 Å². The van der Waals surface area contributed by atoms with Crippen LogP contribution in [0.3, 0.4) is 0 Å². The summed E-state index contributed by atoms with van der Waals surface area (Å²) in [6.45, 7) is 4.13. The number of hydrogen-bond acceptors (Lipinski definition) is 2. The van der Waals surface area contributed by atoms with E-state index >= 15 is 0 Å². The Morgan fingerprint density at radius 2 is 1.74 bits per heavy atom. The summed E-state index contributed by atoms with van der Waals surface area (Å²) in [4.78, 5) is 12.6. The zero-order valence-corrected chi connectivity index (χ0v) is 14.7. The summed E-state index contributed by atoms with van der Waals surface area (Å²) in [7, 11) is 1.97. The molecule has 0 aromatic carbocycles. The third kappa shape index (κ3) is 2.70. The molecule has 0 radical (unpaired) electrons. The number of aryl methyl sites for hydroxylation is 2. The van der Waals surface area contributed by atoms with Crippen molar-refractivity contribution in [2.45, 2.75) is 70.8 Å². The first-order chi connectivity index (χ1) is 10.9. The van der Waals surface area contributed by atoms with Crippen LogP contribution in [0, 0.1) is 31.6 Å². The summed E-state index contributed by atoms with van der Waals surface area (Å²) in [6, 6.07) is 0. The Kier molecular flexibility index (Phi) is 3.54. The molecule has 0 spiro atoms. The van der Waals surface area contributed by atoms with Gasteiger partial charge in [-0.2, -0.15) is 5.10 Å². The van der Waals surface area contributed by atoms with Crippen molar-refractivity contribution in [1.29, 1.82) is 0 Å². The van der Waals surface area contributed by atoms with Crippen LogP contribution < -0.4 is 5.32 Å². The van der Waals surface area contributed by atoms with Crippen LogP contribution in [0.4, 0.5) is 0 Å². The van der Waals surface area contributed by atoms with Gasteiger partial charge in [0.1, 0.15) is 0 Å². The van der Waals surface area contributed by atoms with E-state index in [-0.39, 0.29) is 11.4 Å². The van der Waals surface area contributed by atoms with Gasteiger partial charge in [0.25, 0.3) is 0 Å². The number of nitrogens with one attached hydrogen (secondary N) is 1. The summed E-state index contributed by atoms with van der Waals surface area (Å²) in [5.74, 6) is 2.88. The molecule has 1 aromatic heterocycles. The smallest absolute Gasteiger partial charge is 0.220 e. The van der Waals surface area contributed by atoms with Gasteiger partial charge in [0.15, 0.2) is 0 Å². The average molecular weight is 315 g/mol. The molecular weight excluding hydrogens is 286 g/mol. The Morgan fingerprint density at radius 1 is 1.17 bits per heavy atom. The molecule has 1 heterocycles. The number of rotatable bonds is 4. The van der Waals surface area contributed by atoms with E-state index in [9.17, 15) is 4.79 Å². The normalized spacial score (nSPS) is 34.8. The minimum Gasteiger partial charge on any atom is -0.351 e. The number of aromatic nitrogens is 2. The van der Waals surface area contributed by atoms with Crippen molar-refractivity contribution in [3.63, 3.8) is 0 Å². The van der Waals surface area contributed by atoms with Gasteiger partial charge in [0.2, 0.25) is 5.91 Å². The zero-order valence-electron chi connectivity index (χ0n) is 14.7. The van der Waals surface area contributed by atoms with Gasteiger partial charge in [-0.05, 0) is 82.1 Å². The van der Waals surface area contributed by atoms with Gasteiger partial charge in [-0.1, -0.05) is 0 Å². The molecular formula is C19H29N3O. The highest BCUT2D eigenvalue weighted by Gasteiger charge is 2.51. The summed E-state index contributed by atoms with van der Waals surface area (Å²) >= 11 is 0. The summed E-state index contributed by atoms with van der Waals surface area (Å²) in [5.41, 5.74) is 3.64. The molecule has 1 N–H and O–H groups in total. The number of hydrogen-bond donors (Lipinski definition) is 1. The number of nitrogens with zero attached hydrogens (tertiary/aromatic N) is 2. The molecule has 1 aromatic rings. The van der Waals surface area contributed by atoms with E-state index in [1.807, 2.05) is 18.7 Å². The van der Waals surface area contributed by atoms with Crippen LogP contribution in [0.2, 0.25) is 0 Å². The molecule has 4 aliphatic rings. The SMILES string of the molecule is Cc1nn(C)c(C)c1CCC(=O)NC12CC3CC(CC(C3)C1)C2. The van der Waals surface area contributed by atoms with Crippen molar-refractivity contribution in [1.82, 2.24) is 15.1 Å². The van der Waals surface area contributed by atoms with Crippen LogP contribution in [-0.2, 0) is 18.3 Å². The Bertz CT molecular complexity index is 596. The highest BCUT2D eigenvalue weighted by atomic mass is 16.1. The van der Waals surface area contributed by atoms with Crippen LogP contribution in [-0.4, -0.2) is 21.2 Å². The molecule has 4 bridgehead atoms. The van der Waals surface area contributed by atoms with E-state index < -0.39 is 0 Å². The largest absolute Gasteiger partial charge is 0.351 e. The summed E-state index contributed by atoms with van der Waals surface area (Å²) < 4.78 is 1.92. The highest BCUT2D eigenvalue weighted by Crippen LogP contribution is 2.55. The molecule has 0 saturated heterocycles. The van der Waals surface area contributed by atoms with E-state index in [1.54, 1.807) is 0 Å². The van der Waals surface area contributed by atoms with Crippen molar-refractivity contribution in [3.8, 4) is 0 Å². The minimum atomic E-state index is 0.144. The second kappa shape index (κ2) is 5.35. The third-order valence-corrected chi connectivity index (χ3v) is 6.70. The Balaban J connectivity index is 1.39. The molecule has 1 amide bonds. The van der Waals surface area contributed by atoms with Gasteiger partial charge in [-0.25, -0.2) is 0 Å². The Labute approximate surface area is 139 Å². The lowest BCUT2D eigenvalue weighted by Crippen LogP contribution is -2.59. The first kappa shape index (κ1) is 15.2. The fourth-order valence-corrected chi connectivity index (χ4v) is 6.04. The van der Waals surface area contributed by atoms with E-state index in [2.05, 4.69) is 17.3 Å². The number of amides is 1. The van der Waals surface area contributed by atoms with E-state index in [4.69, 9.17) is 0 Å². The maximum atomic E-state index is 12.6. The van der Waals surface area contributed by atoms with E-state index in [0.29, 0.717) is 6.42 Å². The topological polar surface area (TPSA) is 46.9 Å². The van der Waals surface area contributed by atoms with Crippen molar-refractivity contribution in [2.75, 3.05) is 0 Å². The zero-order chi connectivity index (χ0) is 16.2. The van der Waals surface area contributed by atoms with Crippen LogP contribution in [0.5, 0.6) is 0 Å². The molecule has 5 rings (SSSR count). The molecule has 4 heteroatoms. The Morgan fingerprint density at radius 3 is 2.22 bits per heavy atom. The fraction of sp³-hybridized carbons (Fsp3) is 0.789. The van der Waals surface area contributed by atoms with Crippen LogP contribution >= 0.6 is 0 Å². The summed E-state index contributed by atoms with van der Waals surface area (Å²) in [5, 5.41) is 7.93. The lowest BCUT2D eigenvalue weighted by molar-refractivity contribution is -0.126. The van der Waals surface area contributed by atoms with Gasteiger partial charge >= 0.3 is 0 Å².